The van der Waals surface area contributed by atoms with Crippen molar-refractivity contribution in [1.29, 1.82) is 0 Å². The molecule has 0 aliphatic carbocycles. The molecule has 0 amide bonds. The first-order chi connectivity index (χ1) is 9.16. The third-order valence-electron chi connectivity index (χ3n) is 2.87. The van der Waals surface area contributed by atoms with Crippen LogP contribution >= 0.6 is 11.6 Å². The molecule has 2 aromatic rings. The van der Waals surface area contributed by atoms with Crippen LogP contribution in [-0.2, 0) is 0 Å². The van der Waals surface area contributed by atoms with Gasteiger partial charge in [-0.3, -0.25) is 0 Å². The summed E-state index contributed by atoms with van der Waals surface area (Å²) in [6.45, 7) is 5.35. The predicted molar refractivity (Wildman–Crippen MR) is 76.8 cm³/mol. The van der Waals surface area contributed by atoms with Crippen molar-refractivity contribution < 1.29 is 9.15 Å². The second-order valence-electron chi connectivity index (χ2n) is 4.47. The van der Waals surface area contributed by atoms with Gasteiger partial charge in [-0.15, -0.1) is 0 Å². The molecule has 1 aromatic carbocycles. The first-order valence-corrected chi connectivity index (χ1v) is 6.70. The van der Waals surface area contributed by atoms with E-state index in [1.807, 2.05) is 37.3 Å². The van der Waals surface area contributed by atoms with Crippen LogP contribution in [0.2, 0.25) is 5.02 Å². The molecule has 0 fully saturated rings. The molecular formula is C15H18ClNO2. The molecule has 1 aromatic heterocycles. The van der Waals surface area contributed by atoms with E-state index in [4.69, 9.17) is 20.8 Å². The Hall–Kier alpha value is -1.45. The molecule has 0 saturated heterocycles. The third-order valence-corrected chi connectivity index (χ3v) is 3.16. The van der Waals surface area contributed by atoms with E-state index in [0.29, 0.717) is 11.6 Å². The van der Waals surface area contributed by atoms with E-state index < -0.39 is 0 Å². The van der Waals surface area contributed by atoms with Gasteiger partial charge in [0.25, 0.3) is 0 Å². The lowest BCUT2D eigenvalue weighted by molar-refractivity contribution is 0.302. The summed E-state index contributed by atoms with van der Waals surface area (Å²) in [5, 5.41) is 3.98. The van der Waals surface area contributed by atoms with Gasteiger partial charge in [0.05, 0.1) is 17.3 Å². The smallest absolute Gasteiger partial charge is 0.137 e. The molecule has 1 heterocycles. The quantitative estimate of drug-likeness (QED) is 0.813. The maximum atomic E-state index is 6.09. The van der Waals surface area contributed by atoms with Crippen molar-refractivity contribution in [1.82, 2.24) is 5.32 Å². The predicted octanol–water partition coefficient (Wildman–Crippen LogP) is 3.97. The molecule has 0 spiro atoms. The highest BCUT2D eigenvalue weighted by molar-refractivity contribution is 6.32. The van der Waals surface area contributed by atoms with Gasteiger partial charge >= 0.3 is 0 Å². The Labute approximate surface area is 118 Å². The van der Waals surface area contributed by atoms with Gasteiger partial charge in [-0.2, -0.15) is 0 Å². The summed E-state index contributed by atoms with van der Waals surface area (Å²) < 4.78 is 11.0. The van der Waals surface area contributed by atoms with Crippen molar-refractivity contribution in [2.45, 2.75) is 19.9 Å². The lowest BCUT2D eigenvalue weighted by Gasteiger charge is -2.12. The van der Waals surface area contributed by atoms with E-state index in [-0.39, 0.29) is 6.04 Å². The molecule has 0 bridgehead atoms. The van der Waals surface area contributed by atoms with Crippen molar-refractivity contribution in [2.75, 3.05) is 13.2 Å². The van der Waals surface area contributed by atoms with Crippen LogP contribution in [0.25, 0.3) is 0 Å². The molecule has 0 radical (unpaired) electrons. The molecule has 0 saturated carbocycles. The van der Waals surface area contributed by atoms with E-state index in [2.05, 4.69) is 12.2 Å². The Balaban J connectivity index is 1.75. The van der Waals surface area contributed by atoms with Crippen LogP contribution in [0.5, 0.6) is 5.75 Å². The molecule has 4 heteroatoms. The average molecular weight is 280 g/mol. The Kier molecular flexibility index (Phi) is 4.88. The van der Waals surface area contributed by atoms with Gasteiger partial charge in [-0.1, -0.05) is 17.7 Å². The summed E-state index contributed by atoms with van der Waals surface area (Å²) in [7, 11) is 0. The topological polar surface area (TPSA) is 34.4 Å². The van der Waals surface area contributed by atoms with Crippen LogP contribution in [0.1, 0.15) is 24.3 Å². The fourth-order valence-corrected chi connectivity index (χ4v) is 2.09. The zero-order chi connectivity index (χ0) is 13.7. The number of halogens is 1. The van der Waals surface area contributed by atoms with Crippen LogP contribution in [0.3, 0.4) is 0 Å². The molecule has 19 heavy (non-hydrogen) atoms. The highest BCUT2D eigenvalue weighted by Crippen LogP contribution is 2.24. The maximum Gasteiger partial charge on any atom is 0.137 e. The van der Waals surface area contributed by atoms with Gasteiger partial charge in [0.15, 0.2) is 0 Å². The molecule has 0 aliphatic heterocycles. The standard InChI is InChI=1S/C15H18ClNO2/c1-11-5-6-15(13(16)10-11)19-9-7-17-12(2)14-4-3-8-18-14/h3-6,8,10,12,17H,7,9H2,1-2H3. The fraction of sp³-hybridized carbons (Fsp3) is 0.333. The molecule has 1 atom stereocenters. The van der Waals surface area contributed by atoms with E-state index >= 15 is 0 Å². The van der Waals surface area contributed by atoms with Gasteiger partial charge in [-0.05, 0) is 43.7 Å². The van der Waals surface area contributed by atoms with Crippen molar-refractivity contribution in [3.63, 3.8) is 0 Å². The summed E-state index contributed by atoms with van der Waals surface area (Å²) in [6.07, 6.45) is 1.68. The molecule has 1 unspecified atom stereocenters. The minimum atomic E-state index is 0.173. The second kappa shape index (κ2) is 6.64. The third kappa shape index (κ3) is 4.01. The first-order valence-electron chi connectivity index (χ1n) is 6.32. The monoisotopic (exact) mass is 279 g/mol. The van der Waals surface area contributed by atoms with Crippen molar-refractivity contribution in [2.24, 2.45) is 0 Å². The maximum absolute atomic E-state index is 6.09. The number of aryl methyl sites for hydroxylation is 1. The number of ether oxygens (including phenoxy) is 1. The van der Waals surface area contributed by atoms with Crippen LogP contribution < -0.4 is 10.1 Å². The molecular weight excluding hydrogens is 262 g/mol. The van der Waals surface area contributed by atoms with Gasteiger partial charge in [0, 0.05) is 6.54 Å². The van der Waals surface area contributed by atoms with Gasteiger partial charge in [-0.25, -0.2) is 0 Å². The zero-order valence-corrected chi connectivity index (χ0v) is 11.9. The van der Waals surface area contributed by atoms with Crippen LogP contribution in [0.4, 0.5) is 0 Å². The van der Waals surface area contributed by atoms with Gasteiger partial charge in [0.2, 0.25) is 0 Å². The van der Waals surface area contributed by atoms with E-state index in [1.165, 1.54) is 0 Å². The van der Waals surface area contributed by atoms with Crippen LogP contribution in [-0.4, -0.2) is 13.2 Å². The Morgan fingerprint density at radius 3 is 2.89 bits per heavy atom. The minimum Gasteiger partial charge on any atom is -0.491 e. The zero-order valence-electron chi connectivity index (χ0n) is 11.2. The van der Waals surface area contributed by atoms with E-state index in [9.17, 15) is 0 Å². The molecule has 102 valence electrons. The number of hydrogen-bond donors (Lipinski definition) is 1. The Morgan fingerprint density at radius 1 is 1.37 bits per heavy atom. The van der Waals surface area contributed by atoms with Crippen molar-refractivity contribution >= 4 is 11.6 Å². The summed E-state index contributed by atoms with van der Waals surface area (Å²) >= 11 is 6.09. The summed E-state index contributed by atoms with van der Waals surface area (Å²) in [6, 6.07) is 9.79. The number of nitrogens with one attached hydrogen (secondary N) is 1. The molecule has 3 nitrogen and oxygen atoms in total. The Bertz CT molecular complexity index is 511. The SMILES string of the molecule is Cc1ccc(OCCNC(C)c2ccco2)c(Cl)c1. The van der Waals surface area contributed by atoms with E-state index in [1.54, 1.807) is 6.26 Å². The summed E-state index contributed by atoms with van der Waals surface area (Å²) in [4.78, 5) is 0. The summed E-state index contributed by atoms with van der Waals surface area (Å²) in [5.74, 6) is 1.65. The second-order valence-corrected chi connectivity index (χ2v) is 4.88. The van der Waals surface area contributed by atoms with Gasteiger partial charge < -0.3 is 14.5 Å². The molecule has 0 aliphatic rings. The number of furan rings is 1. The van der Waals surface area contributed by atoms with Crippen LogP contribution in [0, 0.1) is 6.92 Å². The fourth-order valence-electron chi connectivity index (χ4n) is 1.80. The summed E-state index contributed by atoms with van der Waals surface area (Å²) in [5.41, 5.74) is 1.13. The molecule has 1 N–H and O–H groups in total. The first kappa shape index (κ1) is 14.0. The van der Waals surface area contributed by atoms with E-state index in [0.717, 1.165) is 23.6 Å². The lowest BCUT2D eigenvalue weighted by atomic mass is 10.2. The lowest BCUT2D eigenvalue weighted by Crippen LogP contribution is -2.24. The Morgan fingerprint density at radius 2 is 2.21 bits per heavy atom. The number of hydrogen-bond acceptors (Lipinski definition) is 3. The van der Waals surface area contributed by atoms with Crippen LogP contribution in [0.15, 0.2) is 41.0 Å². The molecule has 2 rings (SSSR count). The highest BCUT2D eigenvalue weighted by atomic mass is 35.5. The number of benzene rings is 1. The normalized spacial score (nSPS) is 12.4. The minimum absolute atomic E-state index is 0.173. The van der Waals surface area contributed by atoms with Gasteiger partial charge in [0.1, 0.15) is 18.1 Å². The number of rotatable bonds is 6. The van der Waals surface area contributed by atoms with Crippen molar-refractivity contribution in [3.8, 4) is 5.75 Å². The van der Waals surface area contributed by atoms with Crippen molar-refractivity contribution in [3.05, 3.63) is 52.9 Å². The highest BCUT2D eigenvalue weighted by Gasteiger charge is 2.07. The largest absolute Gasteiger partial charge is 0.491 e. The average Bonchev–Trinajstić information content (AvgIpc) is 2.90.